The maximum atomic E-state index is 12.2. The molecule has 1 unspecified atom stereocenters. The van der Waals surface area contributed by atoms with Gasteiger partial charge in [-0.05, 0) is 61.8 Å². The zero-order valence-corrected chi connectivity index (χ0v) is 15.9. The lowest BCUT2D eigenvalue weighted by atomic mass is 10.00. The molecule has 0 fully saturated rings. The molecule has 0 aliphatic heterocycles. The van der Waals surface area contributed by atoms with E-state index in [1.165, 1.54) is 0 Å². The monoisotopic (exact) mass is 316 g/mol. The maximum absolute atomic E-state index is 12.2. The fourth-order valence-corrected chi connectivity index (χ4v) is 2.21. The van der Waals surface area contributed by atoms with Crippen LogP contribution in [0.3, 0.4) is 0 Å². The molecule has 1 atom stereocenters. The number of methoxy groups -OCH3 is 1. The number of hydrogen-bond acceptors (Lipinski definition) is 4. The molecule has 0 aliphatic carbocycles. The van der Waals surface area contributed by atoms with Gasteiger partial charge in [0.25, 0.3) is 0 Å². The van der Waals surface area contributed by atoms with Crippen molar-refractivity contribution in [2.75, 3.05) is 20.2 Å². The Labute approximate surface area is 136 Å². The molecule has 0 saturated carbocycles. The van der Waals surface area contributed by atoms with Crippen LogP contribution >= 0.6 is 0 Å². The average molecular weight is 316 g/mol. The van der Waals surface area contributed by atoms with Gasteiger partial charge in [-0.3, -0.25) is 0 Å². The summed E-state index contributed by atoms with van der Waals surface area (Å²) in [5.74, 6) is 0. The van der Waals surface area contributed by atoms with E-state index < -0.39 is 5.60 Å². The molecule has 5 nitrogen and oxygen atoms in total. The van der Waals surface area contributed by atoms with Gasteiger partial charge >= 0.3 is 6.09 Å². The van der Waals surface area contributed by atoms with Crippen molar-refractivity contribution in [1.82, 2.24) is 10.2 Å². The third-order valence-electron chi connectivity index (χ3n) is 3.45. The maximum Gasteiger partial charge on any atom is 0.410 e. The first-order valence-electron chi connectivity index (χ1n) is 8.16. The van der Waals surface area contributed by atoms with Crippen LogP contribution in [0.25, 0.3) is 0 Å². The molecule has 1 amide bonds. The highest BCUT2D eigenvalue weighted by molar-refractivity contribution is 5.68. The lowest BCUT2D eigenvalue weighted by Crippen LogP contribution is -2.46. The van der Waals surface area contributed by atoms with E-state index in [1.807, 2.05) is 34.6 Å². The van der Waals surface area contributed by atoms with Crippen molar-refractivity contribution in [2.45, 2.75) is 85.1 Å². The highest BCUT2D eigenvalue weighted by Crippen LogP contribution is 2.15. The summed E-state index contributed by atoms with van der Waals surface area (Å²) in [4.78, 5) is 14.0. The minimum absolute atomic E-state index is 0.113. The van der Waals surface area contributed by atoms with Gasteiger partial charge in [-0.25, -0.2) is 4.79 Å². The van der Waals surface area contributed by atoms with E-state index in [-0.39, 0.29) is 17.7 Å². The van der Waals surface area contributed by atoms with E-state index in [9.17, 15) is 4.79 Å². The molecule has 0 aliphatic rings. The van der Waals surface area contributed by atoms with Gasteiger partial charge in [0.2, 0.25) is 0 Å². The zero-order valence-electron chi connectivity index (χ0n) is 15.9. The summed E-state index contributed by atoms with van der Waals surface area (Å²) in [5.41, 5.74) is -0.608. The number of ether oxygens (including phenoxy) is 2. The van der Waals surface area contributed by atoms with E-state index in [4.69, 9.17) is 9.47 Å². The molecule has 0 spiro atoms. The van der Waals surface area contributed by atoms with Crippen molar-refractivity contribution in [3.05, 3.63) is 0 Å². The first-order chi connectivity index (χ1) is 9.88. The molecule has 0 heterocycles. The van der Waals surface area contributed by atoms with Gasteiger partial charge in [-0.15, -0.1) is 0 Å². The zero-order chi connectivity index (χ0) is 17.6. The van der Waals surface area contributed by atoms with Crippen molar-refractivity contribution < 1.29 is 14.3 Å². The standard InChI is InChI=1S/C17H36N2O3/c1-13(2)19(15(20)22-16(4,5)6)11-10-18-14(3)12-17(7,8)21-9/h13-14,18H,10-12H2,1-9H3. The molecule has 132 valence electrons. The Kier molecular flexibility index (Phi) is 8.40. The van der Waals surface area contributed by atoms with Crippen molar-refractivity contribution >= 4 is 6.09 Å². The molecule has 5 heteroatoms. The highest BCUT2D eigenvalue weighted by Gasteiger charge is 2.24. The second-order valence-electron chi connectivity index (χ2n) is 7.79. The van der Waals surface area contributed by atoms with Gasteiger partial charge < -0.3 is 19.7 Å². The number of carbonyl (C=O) groups excluding carboxylic acids is 1. The third kappa shape index (κ3) is 9.26. The lowest BCUT2D eigenvalue weighted by molar-refractivity contribution is 0.00708. The van der Waals surface area contributed by atoms with Crippen LogP contribution in [-0.2, 0) is 9.47 Å². The number of nitrogens with one attached hydrogen (secondary N) is 1. The predicted molar refractivity (Wildman–Crippen MR) is 91.2 cm³/mol. The van der Waals surface area contributed by atoms with Gasteiger partial charge in [0.05, 0.1) is 5.60 Å². The number of nitrogens with zero attached hydrogens (tertiary/aromatic N) is 1. The van der Waals surface area contributed by atoms with E-state index >= 15 is 0 Å². The van der Waals surface area contributed by atoms with Gasteiger partial charge in [-0.2, -0.15) is 0 Å². The first-order valence-corrected chi connectivity index (χ1v) is 8.16. The van der Waals surface area contributed by atoms with Crippen LogP contribution in [0.1, 0.15) is 61.8 Å². The summed E-state index contributed by atoms with van der Waals surface area (Å²) in [6, 6.07) is 0.435. The number of carbonyl (C=O) groups is 1. The van der Waals surface area contributed by atoms with Gasteiger partial charge in [-0.1, -0.05) is 0 Å². The molecule has 0 aromatic carbocycles. The number of rotatable bonds is 8. The fraction of sp³-hybridized carbons (Fsp3) is 0.941. The molecule has 0 radical (unpaired) electrons. The van der Waals surface area contributed by atoms with Crippen molar-refractivity contribution in [2.24, 2.45) is 0 Å². The molecule has 22 heavy (non-hydrogen) atoms. The summed E-state index contributed by atoms with van der Waals surface area (Å²) in [6.07, 6.45) is 0.659. The fourth-order valence-electron chi connectivity index (χ4n) is 2.21. The van der Waals surface area contributed by atoms with Crippen LogP contribution in [0.15, 0.2) is 0 Å². The van der Waals surface area contributed by atoms with Crippen molar-refractivity contribution in [1.29, 1.82) is 0 Å². The van der Waals surface area contributed by atoms with Crippen LogP contribution < -0.4 is 5.32 Å². The normalized spacial score (nSPS) is 14.1. The number of amides is 1. The highest BCUT2D eigenvalue weighted by atomic mass is 16.6. The number of hydrogen-bond donors (Lipinski definition) is 1. The average Bonchev–Trinajstić information content (AvgIpc) is 2.31. The molecule has 0 aromatic heterocycles. The molecule has 0 bridgehead atoms. The molecule has 1 N–H and O–H groups in total. The Morgan fingerprint density at radius 3 is 2.09 bits per heavy atom. The van der Waals surface area contributed by atoms with Crippen LogP contribution in [0.4, 0.5) is 4.79 Å². The van der Waals surface area contributed by atoms with E-state index in [0.29, 0.717) is 12.6 Å². The van der Waals surface area contributed by atoms with E-state index in [0.717, 1.165) is 13.0 Å². The lowest BCUT2D eigenvalue weighted by Gasteiger charge is -2.31. The minimum Gasteiger partial charge on any atom is -0.444 e. The summed E-state index contributed by atoms with van der Waals surface area (Å²) < 4.78 is 10.9. The molecule has 0 rings (SSSR count). The van der Waals surface area contributed by atoms with Crippen molar-refractivity contribution in [3.8, 4) is 0 Å². The third-order valence-corrected chi connectivity index (χ3v) is 3.45. The van der Waals surface area contributed by atoms with Gasteiger partial charge in [0, 0.05) is 32.3 Å². The van der Waals surface area contributed by atoms with Gasteiger partial charge in [0.15, 0.2) is 0 Å². The topological polar surface area (TPSA) is 50.8 Å². The summed E-state index contributed by atoms with van der Waals surface area (Å²) >= 11 is 0. The van der Waals surface area contributed by atoms with Crippen LogP contribution in [0.5, 0.6) is 0 Å². The Balaban J connectivity index is 4.35. The van der Waals surface area contributed by atoms with E-state index in [1.54, 1.807) is 12.0 Å². The molecular weight excluding hydrogens is 280 g/mol. The van der Waals surface area contributed by atoms with Crippen LogP contribution in [0.2, 0.25) is 0 Å². The summed E-state index contributed by atoms with van der Waals surface area (Å²) in [6.45, 7) is 17.3. The first kappa shape index (κ1) is 21.2. The predicted octanol–water partition coefficient (Wildman–Crippen LogP) is 3.43. The summed E-state index contributed by atoms with van der Waals surface area (Å²) in [5, 5.41) is 3.45. The Morgan fingerprint density at radius 1 is 1.14 bits per heavy atom. The van der Waals surface area contributed by atoms with Gasteiger partial charge in [0.1, 0.15) is 5.60 Å². The molecule has 0 aromatic rings. The van der Waals surface area contributed by atoms with Crippen LogP contribution in [-0.4, -0.2) is 54.5 Å². The smallest absolute Gasteiger partial charge is 0.410 e. The molecular formula is C17H36N2O3. The molecule has 0 saturated heterocycles. The Bertz CT molecular complexity index is 335. The second-order valence-corrected chi connectivity index (χ2v) is 7.79. The van der Waals surface area contributed by atoms with Crippen LogP contribution in [0, 0.1) is 0 Å². The quantitative estimate of drug-likeness (QED) is 0.745. The second kappa shape index (κ2) is 8.73. The minimum atomic E-state index is -0.465. The largest absolute Gasteiger partial charge is 0.444 e. The van der Waals surface area contributed by atoms with Crippen molar-refractivity contribution in [3.63, 3.8) is 0 Å². The summed E-state index contributed by atoms with van der Waals surface area (Å²) in [7, 11) is 1.73. The Morgan fingerprint density at radius 2 is 1.68 bits per heavy atom. The Hall–Kier alpha value is -0.810. The van der Waals surface area contributed by atoms with E-state index in [2.05, 4.69) is 26.1 Å². The SMILES string of the molecule is COC(C)(C)CC(C)NCCN(C(=O)OC(C)(C)C)C(C)C.